The van der Waals surface area contributed by atoms with Gasteiger partial charge in [-0.05, 0) is 25.2 Å². The standard InChI is InChI=1S/C18H28N3O4/c1-11(2)4-6-16(24)21-10-14(22)17-13(21)8-9-20(17)15(23)7-5-12(3)18(19)25/h7,11-13,17H,4-6,8-10H2,1-3H3,(H2,19,25). The Bertz CT molecular complexity index is 561. The lowest BCUT2D eigenvalue weighted by molar-refractivity contribution is -0.133. The lowest BCUT2D eigenvalue weighted by atomic mass is 10.0. The number of hydrogen-bond acceptors (Lipinski definition) is 4. The third-order valence-corrected chi connectivity index (χ3v) is 5.09. The lowest BCUT2D eigenvalue weighted by Crippen LogP contribution is -2.43. The van der Waals surface area contributed by atoms with E-state index in [1.54, 1.807) is 11.8 Å². The fraction of sp³-hybridized carbons (Fsp3) is 0.722. The molecule has 2 fully saturated rings. The second-order valence-electron chi connectivity index (χ2n) is 7.50. The highest BCUT2D eigenvalue weighted by Gasteiger charge is 2.50. The van der Waals surface area contributed by atoms with E-state index in [4.69, 9.17) is 5.73 Å². The monoisotopic (exact) mass is 350 g/mol. The number of rotatable bonds is 7. The number of carbonyl (C=O) groups excluding carboxylic acids is 4. The summed E-state index contributed by atoms with van der Waals surface area (Å²) in [7, 11) is 0. The molecule has 3 atom stereocenters. The first kappa shape index (κ1) is 19.4. The normalized spacial score (nSPS) is 23.9. The largest absolute Gasteiger partial charge is 0.369 e. The molecule has 1 radical (unpaired) electrons. The summed E-state index contributed by atoms with van der Waals surface area (Å²) in [5, 5.41) is 0. The molecule has 3 unspecified atom stereocenters. The fourth-order valence-corrected chi connectivity index (χ4v) is 3.46. The van der Waals surface area contributed by atoms with Crippen molar-refractivity contribution in [2.75, 3.05) is 13.1 Å². The molecule has 0 aliphatic carbocycles. The van der Waals surface area contributed by atoms with Gasteiger partial charge >= 0.3 is 0 Å². The first-order chi connectivity index (χ1) is 11.7. The number of Topliss-reactive ketones (excluding diaryl/α,β-unsaturated/α-hetero) is 1. The molecule has 2 aliphatic heterocycles. The van der Waals surface area contributed by atoms with Gasteiger partial charge in [-0.15, -0.1) is 0 Å². The topological polar surface area (TPSA) is 101 Å². The first-order valence-corrected chi connectivity index (χ1v) is 8.97. The van der Waals surface area contributed by atoms with E-state index in [1.165, 1.54) is 11.3 Å². The molecule has 2 saturated heterocycles. The second kappa shape index (κ2) is 7.97. The van der Waals surface area contributed by atoms with Gasteiger partial charge in [0, 0.05) is 18.9 Å². The molecule has 0 aromatic rings. The molecule has 2 rings (SSSR count). The highest BCUT2D eigenvalue weighted by atomic mass is 16.2. The van der Waals surface area contributed by atoms with Crippen LogP contribution in [0.3, 0.4) is 0 Å². The zero-order valence-electron chi connectivity index (χ0n) is 15.2. The van der Waals surface area contributed by atoms with Crippen molar-refractivity contribution in [3.05, 3.63) is 6.42 Å². The van der Waals surface area contributed by atoms with Crippen LogP contribution in [-0.4, -0.2) is 58.5 Å². The molecule has 2 N–H and O–H groups in total. The molecule has 25 heavy (non-hydrogen) atoms. The van der Waals surface area contributed by atoms with Gasteiger partial charge in [-0.3, -0.25) is 19.2 Å². The number of amides is 3. The van der Waals surface area contributed by atoms with Crippen molar-refractivity contribution in [2.24, 2.45) is 17.6 Å². The Morgan fingerprint density at radius 1 is 1.24 bits per heavy atom. The van der Waals surface area contributed by atoms with E-state index < -0.39 is 17.9 Å². The average Bonchev–Trinajstić information content (AvgIpc) is 3.11. The minimum atomic E-state index is -0.546. The van der Waals surface area contributed by atoms with Gasteiger partial charge in [0.1, 0.15) is 6.04 Å². The van der Waals surface area contributed by atoms with Crippen LogP contribution in [-0.2, 0) is 19.2 Å². The predicted octanol–water partition coefficient (Wildman–Crippen LogP) is 0.519. The highest BCUT2D eigenvalue weighted by molar-refractivity contribution is 5.98. The number of nitrogens with two attached hydrogens (primary N) is 1. The molecule has 7 heteroatoms. The molecule has 0 spiro atoms. The number of fused-ring (bicyclic) bond motifs is 1. The molecule has 139 valence electrons. The van der Waals surface area contributed by atoms with Gasteiger partial charge in [-0.2, -0.15) is 0 Å². The van der Waals surface area contributed by atoms with Crippen LogP contribution in [0.1, 0.15) is 46.5 Å². The molecular weight excluding hydrogens is 322 g/mol. The van der Waals surface area contributed by atoms with Gasteiger partial charge in [0.15, 0.2) is 5.78 Å². The van der Waals surface area contributed by atoms with Crippen molar-refractivity contribution < 1.29 is 19.2 Å². The van der Waals surface area contributed by atoms with Crippen molar-refractivity contribution in [1.82, 2.24) is 9.80 Å². The maximum atomic E-state index is 12.4. The van der Waals surface area contributed by atoms with Crippen LogP contribution in [0, 0.1) is 18.3 Å². The van der Waals surface area contributed by atoms with Gasteiger partial charge in [-0.1, -0.05) is 20.8 Å². The van der Waals surface area contributed by atoms with Crippen LogP contribution >= 0.6 is 0 Å². The molecule has 3 amide bonds. The van der Waals surface area contributed by atoms with Gasteiger partial charge in [0.2, 0.25) is 17.7 Å². The summed E-state index contributed by atoms with van der Waals surface area (Å²) in [6, 6.07) is -0.756. The lowest BCUT2D eigenvalue weighted by Gasteiger charge is -2.24. The van der Waals surface area contributed by atoms with Crippen molar-refractivity contribution in [3.63, 3.8) is 0 Å². The van der Waals surface area contributed by atoms with Crippen molar-refractivity contribution >= 4 is 23.5 Å². The zero-order valence-corrected chi connectivity index (χ0v) is 15.2. The smallest absolute Gasteiger partial charge is 0.227 e. The Kier molecular flexibility index (Phi) is 6.19. The van der Waals surface area contributed by atoms with E-state index in [2.05, 4.69) is 13.8 Å². The SMILES string of the molecule is CC(C)CCC(=O)N1CC(=O)C2C1CCN2C(=O)[CH]CC(C)C(N)=O. The number of hydrogen-bond donors (Lipinski definition) is 1. The summed E-state index contributed by atoms with van der Waals surface area (Å²) in [6.07, 6.45) is 3.53. The number of nitrogens with zero attached hydrogens (tertiary/aromatic N) is 2. The zero-order chi connectivity index (χ0) is 18.7. The number of ketones is 1. The van der Waals surface area contributed by atoms with E-state index in [-0.39, 0.29) is 36.6 Å². The molecule has 0 saturated carbocycles. The van der Waals surface area contributed by atoms with Crippen molar-refractivity contribution in [2.45, 2.75) is 58.5 Å². The van der Waals surface area contributed by atoms with Crippen LogP contribution in [0.5, 0.6) is 0 Å². The Balaban J connectivity index is 1.96. The minimum Gasteiger partial charge on any atom is -0.369 e. The van der Waals surface area contributed by atoms with Crippen molar-refractivity contribution in [1.29, 1.82) is 0 Å². The minimum absolute atomic E-state index is 0.00446. The van der Waals surface area contributed by atoms with Gasteiger partial charge in [0.05, 0.1) is 19.0 Å². The fourth-order valence-electron chi connectivity index (χ4n) is 3.46. The van der Waals surface area contributed by atoms with Crippen LogP contribution < -0.4 is 5.73 Å². The molecule has 0 aromatic carbocycles. The second-order valence-corrected chi connectivity index (χ2v) is 7.50. The summed E-state index contributed by atoms with van der Waals surface area (Å²) in [4.78, 5) is 51.5. The van der Waals surface area contributed by atoms with Crippen LogP contribution in [0.4, 0.5) is 0 Å². The Labute approximate surface area is 148 Å². The average molecular weight is 350 g/mol. The number of likely N-dealkylation sites (tertiary alicyclic amines) is 2. The Hall–Kier alpha value is -1.92. The van der Waals surface area contributed by atoms with Gasteiger partial charge in [-0.25, -0.2) is 0 Å². The number of primary amides is 1. The predicted molar refractivity (Wildman–Crippen MR) is 92.0 cm³/mol. The first-order valence-electron chi connectivity index (χ1n) is 8.97. The summed E-state index contributed by atoms with van der Waals surface area (Å²) in [5.41, 5.74) is 5.20. The molecule has 2 heterocycles. The summed E-state index contributed by atoms with van der Waals surface area (Å²) in [5.74, 6) is -0.787. The molecular formula is C18H28N3O4. The summed E-state index contributed by atoms with van der Waals surface area (Å²) < 4.78 is 0. The maximum Gasteiger partial charge on any atom is 0.227 e. The van der Waals surface area contributed by atoms with Crippen LogP contribution in [0.25, 0.3) is 0 Å². The van der Waals surface area contributed by atoms with Gasteiger partial charge < -0.3 is 15.5 Å². The molecule has 0 aromatic heterocycles. The third kappa shape index (κ3) is 4.38. The van der Waals surface area contributed by atoms with E-state index in [0.29, 0.717) is 25.3 Å². The number of carbonyl (C=O) groups is 4. The van der Waals surface area contributed by atoms with Crippen LogP contribution in [0.15, 0.2) is 0 Å². The maximum absolute atomic E-state index is 12.4. The highest BCUT2D eigenvalue weighted by Crippen LogP contribution is 2.31. The third-order valence-electron chi connectivity index (χ3n) is 5.09. The van der Waals surface area contributed by atoms with E-state index in [0.717, 1.165) is 6.42 Å². The van der Waals surface area contributed by atoms with Crippen LogP contribution in [0.2, 0.25) is 0 Å². The van der Waals surface area contributed by atoms with E-state index in [1.807, 2.05) is 0 Å². The quantitative estimate of drug-likeness (QED) is 0.723. The molecule has 2 aliphatic rings. The molecule has 0 bridgehead atoms. The summed E-state index contributed by atoms with van der Waals surface area (Å²) in [6.45, 7) is 6.33. The Morgan fingerprint density at radius 2 is 1.92 bits per heavy atom. The molecule has 7 nitrogen and oxygen atoms in total. The summed E-state index contributed by atoms with van der Waals surface area (Å²) >= 11 is 0. The van der Waals surface area contributed by atoms with Crippen molar-refractivity contribution in [3.8, 4) is 0 Å². The Morgan fingerprint density at radius 3 is 2.52 bits per heavy atom. The van der Waals surface area contributed by atoms with E-state index in [9.17, 15) is 19.2 Å². The van der Waals surface area contributed by atoms with E-state index >= 15 is 0 Å². The van der Waals surface area contributed by atoms with Gasteiger partial charge in [0.25, 0.3) is 0 Å².